The summed E-state index contributed by atoms with van der Waals surface area (Å²) >= 11 is 0. The van der Waals surface area contributed by atoms with Crippen LogP contribution in [0.25, 0.3) is 11.4 Å². The molecule has 0 bridgehead atoms. The Labute approximate surface area is 205 Å². The first-order valence-electron chi connectivity index (χ1n) is 12.5. The Morgan fingerprint density at radius 1 is 0.824 bits per heavy atom. The van der Waals surface area contributed by atoms with E-state index < -0.39 is 0 Å². The molecule has 0 saturated heterocycles. The fourth-order valence-corrected chi connectivity index (χ4v) is 4.56. The average Bonchev–Trinajstić information content (AvgIpc) is 2.82. The van der Waals surface area contributed by atoms with E-state index in [2.05, 4.69) is 70.8 Å². The zero-order valence-corrected chi connectivity index (χ0v) is 21.5. The lowest BCUT2D eigenvalue weighted by atomic mass is 9.80. The van der Waals surface area contributed by atoms with Crippen LogP contribution in [-0.2, 0) is 10.8 Å². The lowest BCUT2D eigenvalue weighted by Crippen LogP contribution is -2.20. The Kier molecular flexibility index (Phi) is 6.97. The van der Waals surface area contributed by atoms with Gasteiger partial charge < -0.3 is 0 Å². The van der Waals surface area contributed by atoms with E-state index in [0.717, 1.165) is 36.3 Å². The number of pyridine rings is 3. The van der Waals surface area contributed by atoms with E-state index in [1.54, 1.807) is 0 Å². The number of rotatable bonds is 4. The molecule has 4 heteroatoms. The quantitative estimate of drug-likeness (QED) is 0.389. The van der Waals surface area contributed by atoms with E-state index in [4.69, 9.17) is 15.0 Å². The highest BCUT2D eigenvalue weighted by Gasteiger charge is 2.26. The first kappa shape index (κ1) is 24.3. The van der Waals surface area contributed by atoms with Crippen molar-refractivity contribution in [3.8, 4) is 11.4 Å². The van der Waals surface area contributed by atoms with E-state index in [-0.39, 0.29) is 10.8 Å². The molecule has 3 aromatic rings. The Morgan fingerprint density at radius 3 is 2.29 bits per heavy atom. The summed E-state index contributed by atoms with van der Waals surface area (Å²) in [4.78, 5) is 19.2. The molecule has 1 aliphatic rings. The standard InChI is InChI=1S/C30H38N4/c1-29(2,3)22-13-15-32-27(17-22)28-19-23(30(4,5)6)18-26(34-28)21-10-9-12-24(16-21)33-20-25-11-7-8-14-31-25/h7-8,11,13-15,17-21,24H,9-10,12,16H2,1-6H3. The topological polar surface area (TPSA) is 51.0 Å². The number of aromatic nitrogens is 3. The Morgan fingerprint density at radius 2 is 1.59 bits per heavy atom. The number of hydrogen-bond acceptors (Lipinski definition) is 4. The van der Waals surface area contributed by atoms with Gasteiger partial charge in [0.25, 0.3) is 0 Å². The van der Waals surface area contributed by atoms with Gasteiger partial charge in [-0.1, -0.05) is 54.0 Å². The molecular weight excluding hydrogens is 416 g/mol. The van der Waals surface area contributed by atoms with E-state index in [9.17, 15) is 0 Å². The highest BCUT2D eigenvalue weighted by atomic mass is 14.8. The number of aliphatic imine (C=N–C) groups is 1. The normalized spacial score (nSPS) is 19.5. The van der Waals surface area contributed by atoms with Gasteiger partial charge in [0.2, 0.25) is 0 Å². The van der Waals surface area contributed by atoms with Gasteiger partial charge in [0.15, 0.2) is 0 Å². The molecule has 2 unspecified atom stereocenters. The van der Waals surface area contributed by atoms with Gasteiger partial charge in [0.05, 0.1) is 23.1 Å². The molecule has 3 heterocycles. The van der Waals surface area contributed by atoms with Crippen LogP contribution in [0.1, 0.15) is 95.7 Å². The van der Waals surface area contributed by atoms with Crippen molar-refractivity contribution in [1.82, 2.24) is 15.0 Å². The first-order chi connectivity index (χ1) is 16.1. The number of hydrogen-bond donors (Lipinski definition) is 0. The zero-order chi connectivity index (χ0) is 24.3. The summed E-state index contributed by atoms with van der Waals surface area (Å²) in [7, 11) is 0. The van der Waals surface area contributed by atoms with E-state index >= 15 is 0 Å². The van der Waals surface area contributed by atoms with Crippen molar-refractivity contribution in [1.29, 1.82) is 0 Å². The van der Waals surface area contributed by atoms with Crippen LogP contribution in [0.5, 0.6) is 0 Å². The largest absolute Gasteiger partial charge is 0.288 e. The Hall–Kier alpha value is -2.88. The van der Waals surface area contributed by atoms with Crippen molar-refractivity contribution < 1.29 is 0 Å². The maximum Gasteiger partial charge on any atom is 0.0892 e. The van der Waals surface area contributed by atoms with Crippen LogP contribution in [0.4, 0.5) is 0 Å². The van der Waals surface area contributed by atoms with Crippen LogP contribution < -0.4 is 0 Å². The maximum absolute atomic E-state index is 5.19. The molecule has 3 aromatic heterocycles. The van der Waals surface area contributed by atoms with Crippen LogP contribution >= 0.6 is 0 Å². The minimum Gasteiger partial charge on any atom is -0.288 e. The molecule has 1 saturated carbocycles. The van der Waals surface area contributed by atoms with E-state index in [1.807, 2.05) is 36.8 Å². The average molecular weight is 455 g/mol. The lowest BCUT2D eigenvalue weighted by Gasteiger charge is -2.28. The van der Waals surface area contributed by atoms with Crippen molar-refractivity contribution in [2.24, 2.45) is 4.99 Å². The molecule has 0 radical (unpaired) electrons. The highest BCUT2D eigenvalue weighted by molar-refractivity contribution is 5.76. The summed E-state index contributed by atoms with van der Waals surface area (Å²) in [6.45, 7) is 13.5. The third-order valence-corrected chi connectivity index (χ3v) is 6.77. The van der Waals surface area contributed by atoms with Crippen molar-refractivity contribution in [2.75, 3.05) is 0 Å². The minimum atomic E-state index is 0.0409. The second kappa shape index (κ2) is 9.77. The molecule has 0 aromatic carbocycles. The van der Waals surface area contributed by atoms with Gasteiger partial charge in [-0.05, 0) is 77.6 Å². The molecule has 0 amide bonds. The smallest absolute Gasteiger partial charge is 0.0892 e. The summed E-state index contributed by atoms with van der Waals surface area (Å²) in [5, 5.41) is 0. The van der Waals surface area contributed by atoms with Gasteiger partial charge in [-0.2, -0.15) is 0 Å². The molecule has 1 fully saturated rings. The van der Waals surface area contributed by atoms with Gasteiger partial charge in [-0.15, -0.1) is 0 Å². The van der Waals surface area contributed by atoms with Gasteiger partial charge in [0.1, 0.15) is 0 Å². The molecule has 2 atom stereocenters. The molecule has 4 nitrogen and oxygen atoms in total. The van der Waals surface area contributed by atoms with Crippen LogP contribution in [-0.4, -0.2) is 27.2 Å². The van der Waals surface area contributed by atoms with Crippen LogP contribution in [0.2, 0.25) is 0 Å². The van der Waals surface area contributed by atoms with Gasteiger partial charge in [0, 0.05) is 30.2 Å². The Bertz CT molecular complexity index is 1140. The number of nitrogens with zero attached hydrogens (tertiary/aromatic N) is 4. The zero-order valence-electron chi connectivity index (χ0n) is 21.5. The molecule has 0 aliphatic heterocycles. The minimum absolute atomic E-state index is 0.0409. The van der Waals surface area contributed by atoms with E-state index in [1.165, 1.54) is 23.2 Å². The molecule has 1 aliphatic carbocycles. The van der Waals surface area contributed by atoms with Gasteiger partial charge in [-0.3, -0.25) is 19.9 Å². The molecule has 0 spiro atoms. The van der Waals surface area contributed by atoms with Crippen LogP contribution in [0.3, 0.4) is 0 Å². The molecule has 4 rings (SSSR count). The van der Waals surface area contributed by atoms with Gasteiger partial charge in [-0.25, -0.2) is 0 Å². The molecule has 0 N–H and O–H groups in total. The fraction of sp³-hybridized carbons (Fsp3) is 0.467. The lowest BCUT2D eigenvalue weighted by molar-refractivity contribution is 0.390. The predicted octanol–water partition coefficient (Wildman–Crippen LogP) is 7.28. The summed E-state index contributed by atoms with van der Waals surface area (Å²) < 4.78 is 0. The van der Waals surface area contributed by atoms with Gasteiger partial charge >= 0.3 is 0 Å². The first-order valence-corrected chi connectivity index (χ1v) is 12.5. The molecule has 178 valence electrons. The third-order valence-electron chi connectivity index (χ3n) is 6.77. The predicted molar refractivity (Wildman–Crippen MR) is 142 cm³/mol. The SMILES string of the molecule is CC(C)(C)c1ccnc(-c2cc(C(C)(C)C)cc(C3CCCC(N=Cc4ccccn4)C3)n2)c1. The highest BCUT2D eigenvalue weighted by Crippen LogP contribution is 2.37. The summed E-state index contributed by atoms with van der Waals surface area (Å²) in [6, 6.07) is 15.1. The van der Waals surface area contributed by atoms with Crippen molar-refractivity contribution in [3.63, 3.8) is 0 Å². The monoisotopic (exact) mass is 454 g/mol. The second-order valence-corrected chi connectivity index (χ2v) is 11.6. The summed E-state index contributed by atoms with van der Waals surface area (Å²) in [5.41, 5.74) is 6.75. The summed E-state index contributed by atoms with van der Waals surface area (Å²) in [6.07, 6.45) is 10.1. The van der Waals surface area contributed by atoms with Crippen molar-refractivity contribution >= 4 is 6.21 Å². The second-order valence-electron chi connectivity index (χ2n) is 11.6. The van der Waals surface area contributed by atoms with Crippen LogP contribution in [0.15, 0.2) is 59.9 Å². The molecule has 34 heavy (non-hydrogen) atoms. The molecular formula is C30H38N4. The van der Waals surface area contributed by atoms with Crippen molar-refractivity contribution in [3.05, 3.63) is 77.4 Å². The van der Waals surface area contributed by atoms with Crippen LogP contribution in [0, 0.1) is 0 Å². The maximum atomic E-state index is 5.19. The van der Waals surface area contributed by atoms with E-state index in [0.29, 0.717) is 12.0 Å². The van der Waals surface area contributed by atoms with Crippen molar-refractivity contribution in [2.45, 2.75) is 90.0 Å². The fourth-order valence-electron chi connectivity index (χ4n) is 4.56. The third kappa shape index (κ3) is 5.97. The Balaban J connectivity index is 1.66. The summed E-state index contributed by atoms with van der Waals surface area (Å²) in [5.74, 6) is 0.409.